The van der Waals surface area contributed by atoms with Gasteiger partial charge in [-0.3, -0.25) is 14.5 Å². The van der Waals surface area contributed by atoms with Gasteiger partial charge in [0.05, 0.1) is 42.7 Å². The summed E-state index contributed by atoms with van der Waals surface area (Å²) in [5.41, 5.74) is 1.42. The van der Waals surface area contributed by atoms with Gasteiger partial charge in [-0.15, -0.1) is 0 Å². The second-order valence-corrected chi connectivity index (χ2v) is 9.80. The summed E-state index contributed by atoms with van der Waals surface area (Å²) < 4.78 is 17.2. The summed E-state index contributed by atoms with van der Waals surface area (Å²) >= 11 is 7.39. The Morgan fingerprint density at radius 3 is 2.61 bits per heavy atom. The van der Waals surface area contributed by atoms with Crippen molar-refractivity contribution in [1.29, 1.82) is 0 Å². The molecule has 1 N–H and O–H groups in total. The van der Waals surface area contributed by atoms with Crippen LogP contribution in [0.15, 0.2) is 66.2 Å². The highest BCUT2D eigenvalue weighted by atomic mass is 35.5. The van der Waals surface area contributed by atoms with Gasteiger partial charge >= 0.3 is 5.91 Å². The maximum Gasteiger partial charge on any atom is 0.301 e. The van der Waals surface area contributed by atoms with E-state index in [4.69, 9.17) is 25.8 Å². The van der Waals surface area contributed by atoms with Crippen molar-refractivity contribution in [1.82, 2.24) is 4.98 Å². The summed E-state index contributed by atoms with van der Waals surface area (Å²) in [5.74, 6) is -0.541. The SMILES string of the molecule is CCOc1ccc(C2C(=C(O)c3cccc(OC)c3)C(=O)C(=O)N2c2nc3ccc(Cl)cc3s2)cc1OC. The van der Waals surface area contributed by atoms with E-state index in [0.717, 1.165) is 4.70 Å². The molecule has 194 valence electrons. The number of aromatic nitrogens is 1. The van der Waals surface area contributed by atoms with Crippen LogP contribution in [-0.2, 0) is 9.59 Å². The van der Waals surface area contributed by atoms with Crippen LogP contribution < -0.4 is 19.1 Å². The van der Waals surface area contributed by atoms with E-state index >= 15 is 0 Å². The predicted molar refractivity (Wildman–Crippen MR) is 147 cm³/mol. The number of benzene rings is 3. The summed E-state index contributed by atoms with van der Waals surface area (Å²) in [6.07, 6.45) is 0. The van der Waals surface area contributed by atoms with Crippen LogP contribution in [0.25, 0.3) is 16.0 Å². The molecule has 2 heterocycles. The molecule has 0 radical (unpaired) electrons. The molecule has 8 nitrogen and oxygen atoms in total. The van der Waals surface area contributed by atoms with E-state index in [0.29, 0.717) is 50.7 Å². The number of methoxy groups -OCH3 is 2. The number of thiazole rings is 1. The first-order chi connectivity index (χ1) is 18.4. The standard InChI is InChI=1S/C28H23ClN2O6S/c1-4-37-20-11-8-15(13-21(20)36-3)24-23(25(32)16-6-5-7-18(12-16)35-2)26(33)27(34)31(24)28-30-19-10-9-17(29)14-22(19)38-28/h5-14,24,32H,4H2,1-3H3. The molecular weight excluding hydrogens is 528 g/mol. The Morgan fingerprint density at radius 1 is 1.05 bits per heavy atom. The van der Waals surface area contributed by atoms with Crippen LogP contribution >= 0.6 is 22.9 Å². The van der Waals surface area contributed by atoms with Crippen molar-refractivity contribution in [2.24, 2.45) is 0 Å². The number of halogens is 1. The highest BCUT2D eigenvalue weighted by Crippen LogP contribution is 2.46. The number of amides is 1. The Hall–Kier alpha value is -4.08. The molecule has 4 aromatic rings. The number of rotatable bonds is 7. The lowest BCUT2D eigenvalue weighted by atomic mass is 9.95. The number of anilines is 1. The molecule has 0 aliphatic carbocycles. The van der Waals surface area contributed by atoms with Crippen molar-refractivity contribution < 1.29 is 28.9 Å². The first-order valence-electron chi connectivity index (χ1n) is 11.7. The third kappa shape index (κ3) is 4.44. The Morgan fingerprint density at radius 2 is 1.87 bits per heavy atom. The molecule has 3 aromatic carbocycles. The predicted octanol–water partition coefficient (Wildman–Crippen LogP) is 5.99. The fraction of sp³-hybridized carbons (Fsp3) is 0.179. The number of ketones is 1. The number of hydrogen-bond acceptors (Lipinski definition) is 8. The van der Waals surface area contributed by atoms with Crippen molar-refractivity contribution in [2.45, 2.75) is 13.0 Å². The number of hydrogen-bond donors (Lipinski definition) is 1. The molecule has 0 saturated carbocycles. The minimum atomic E-state index is -0.984. The molecule has 1 atom stereocenters. The van der Waals surface area contributed by atoms with Crippen LogP contribution in [0.1, 0.15) is 24.1 Å². The lowest BCUT2D eigenvalue weighted by molar-refractivity contribution is -0.132. The van der Waals surface area contributed by atoms with Gasteiger partial charge in [-0.05, 0) is 55.0 Å². The number of carbonyl (C=O) groups excluding carboxylic acids is 2. The van der Waals surface area contributed by atoms with Gasteiger partial charge in [0, 0.05) is 10.6 Å². The fourth-order valence-corrected chi connectivity index (χ4v) is 5.66. The second kappa shape index (κ2) is 10.4. The van der Waals surface area contributed by atoms with Crippen LogP contribution in [-0.4, -0.2) is 42.6 Å². The molecular formula is C28H23ClN2O6S. The average Bonchev–Trinajstić information content (AvgIpc) is 3.46. The molecule has 10 heteroatoms. The molecule has 0 bridgehead atoms. The van der Waals surface area contributed by atoms with E-state index in [1.807, 2.05) is 6.92 Å². The fourth-order valence-electron chi connectivity index (χ4n) is 4.39. The van der Waals surface area contributed by atoms with Gasteiger partial charge in [0.25, 0.3) is 5.78 Å². The molecule has 1 aliphatic heterocycles. The van der Waals surface area contributed by atoms with Crippen LogP contribution in [0.3, 0.4) is 0 Å². The Balaban J connectivity index is 1.74. The zero-order valence-electron chi connectivity index (χ0n) is 20.7. The van der Waals surface area contributed by atoms with Gasteiger partial charge in [-0.2, -0.15) is 0 Å². The van der Waals surface area contributed by atoms with Gasteiger partial charge in [-0.25, -0.2) is 4.98 Å². The summed E-state index contributed by atoms with van der Waals surface area (Å²) in [4.78, 5) is 32.9. The van der Waals surface area contributed by atoms with Crippen molar-refractivity contribution in [3.05, 3.63) is 82.4 Å². The largest absolute Gasteiger partial charge is 0.507 e. The minimum absolute atomic E-state index is 0.0771. The van der Waals surface area contributed by atoms with E-state index in [1.54, 1.807) is 60.7 Å². The lowest BCUT2D eigenvalue weighted by Gasteiger charge is -2.24. The third-order valence-corrected chi connectivity index (χ3v) is 7.39. The van der Waals surface area contributed by atoms with Gasteiger partial charge in [-0.1, -0.05) is 41.1 Å². The Labute approximate surface area is 227 Å². The Kier molecular flexibility index (Phi) is 6.96. The van der Waals surface area contributed by atoms with E-state index < -0.39 is 17.7 Å². The topological polar surface area (TPSA) is 98.2 Å². The molecule has 38 heavy (non-hydrogen) atoms. The second-order valence-electron chi connectivity index (χ2n) is 8.35. The van der Waals surface area contributed by atoms with Gasteiger partial charge in [0.1, 0.15) is 11.5 Å². The van der Waals surface area contributed by atoms with Crippen molar-refractivity contribution >= 4 is 55.7 Å². The van der Waals surface area contributed by atoms with E-state index in [-0.39, 0.29) is 11.3 Å². The minimum Gasteiger partial charge on any atom is -0.507 e. The van der Waals surface area contributed by atoms with E-state index in [2.05, 4.69) is 4.98 Å². The third-order valence-electron chi connectivity index (χ3n) is 6.14. The normalized spacial score (nSPS) is 16.7. The molecule has 1 amide bonds. The van der Waals surface area contributed by atoms with E-state index in [1.165, 1.54) is 30.5 Å². The summed E-state index contributed by atoms with van der Waals surface area (Å²) in [6.45, 7) is 2.29. The number of aliphatic hydroxyl groups excluding tert-OH is 1. The first kappa shape index (κ1) is 25.6. The number of nitrogens with zero attached hydrogens (tertiary/aromatic N) is 2. The quantitative estimate of drug-likeness (QED) is 0.171. The molecule has 0 spiro atoms. The number of ether oxygens (including phenoxy) is 3. The van der Waals surface area contributed by atoms with Crippen molar-refractivity contribution in [2.75, 3.05) is 25.7 Å². The highest BCUT2D eigenvalue weighted by Gasteiger charge is 2.48. The maximum absolute atomic E-state index is 13.5. The van der Waals surface area contributed by atoms with E-state index in [9.17, 15) is 14.7 Å². The monoisotopic (exact) mass is 550 g/mol. The molecule has 1 saturated heterocycles. The van der Waals surface area contributed by atoms with Crippen molar-refractivity contribution in [3.8, 4) is 17.2 Å². The molecule has 1 unspecified atom stereocenters. The number of aliphatic hydroxyl groups is 1. The molecule has 1 aliphatic rings. The zero-order chi connectivity index (χ0) is 27.0. The number of carbonyl (C=O) groups is 2. The summed E-state index contributed by atoms with van der Waals surface area (Å²) in [7, 11) is 3.01. The highest BCUT2D eigenvalue weighted by molar-refractivity contribution is 7.22. The molecule has 5 rings (SSSR count). The van der Waals surface area contributed by atoms with Gasteiger partial charge in [0.2, 0.25) is 0 Å². The number of fused-ring (bicyclic) bond motifs is 1. The van der Waals surface area contributed by atoms with Crippen LogP contribution in [0.2, 0.25) is 5.02 Å². The maximum atomic E-state index is 13.5. The van der Waals surface area contributed by atoms with Crippen LogP contribution in [0.4, 0.5) is 5.13 Å². The molecule has 1 aromatic heterocycles. The smallest absolute Gasteiger partial charge is 0.301 e. The number of Topliss-reactive ketones (excluding diaryl/α,β-unsaturated/α-hetero) is 1. The van der Waals surface area contributed by atoms with Crippen LogP contribution in [0.5, 0.6) is 17.2 Å². The first-order valence-corrected chi connectivity index (χ1v) is 12.9. The summed E-state index contributed by atoms with van der Waals surface area (Å²) in [5, 5.41) is 12.2. The average molecular weight is 551 g/mol. The molecule has 1 fully saturated rings. The lowest BCUT2D eigenvalue weighted by Crippen LogP contribution is -2.29. The van der Waals surface area contributed by atoms with Crippen LogP contribution in [0, 0.1) is 0 Å². The summed E-state index contributed by atoms with van der Waals surface area (Å²) in [6, 6.07) is 16.0. The van der Waals surface area contributed by atoms with Gasteiger partial charge < -0.3 is 19.3 Å². The zero-order valence-corrected chi connectivity index (χ0v) is 22.3. The van der Waals surface area contributed by atoms with Crippen molar-refractivity contribution in [3.63, 3.8) is 0 Å². The van der Waals surface area contributed by atoms with Gasteiger partial charge in [0.15, 0.2) is 16.6 Å². The Bertz CT molecular complexity index is 1600.